The number of methoxy groups -OCH3 is 1. The minimum Gasteiger partial charge on any atom is -0.453 e. The monoisotopic (exact) mass is 608 g/mol. The largest absolute Gasteiger partial charge is 0.453 e. The highest BCUT2D eigenvalue weighted by molar-refractivity contribution is 6.30. The number of aromatic nitrogens is 6. The molecule has 1 aliphatic rings. The fraction of sp³-hybridized carbons (Fsp3) is 0.188. The van der Waals surface area contributed by atoms with Crippen molar-refractivity contribution in [3.8, 4) is 16.9 Å². The summed E-state index contributed by atoms with van der Waals surface area (Å²) >= 11 is 6.30. The number of amides is 2. The van der Waals surface area contributed by atoms with E-state index in [-0.39, 0.29) is 11.9 Å². The van der Waals surface area contributed by atoms with Crippen molar-refractivity contribution in [3.05, 3.63) is 113 Å². The van der Waals surface area contributed by atoms with Crippen molar-refractivity contribution in [1.82, 2.24) is 34.7 Å². The summed E-state index contributed by atoms with van der Waals surface area (Å²) in [6.07, 6.45) is 7.68. The molecule has 1 N–H and O–H groups in total. The Morgan fingerprint density at radius 3 is 2.64 bits per heavy atom. The van der Waals surface area contributed by atoms with E-state index in [0.29, 0.717) is 34.9 Å². The lowest BCUT2D eigenvalue weighted by atomic mass is 10.0. The average molecular weight is 609 g/mol. The van der Waals surface area contributed by atoms with Gasteiger partial charge in [0.05, 0.1) is 24.5 Å². The molecule has 2 aromatic heterocycles. The van der Waals surface area contributed by atoms with Gasteiger partial charge in [0.2, 0.25) is 5.91 Å². The van der Waals surface area contributed by atoms with Gasteiger partial charge in [-0.3, -0.25) is 10.1 Å². The van der Waals surface area contributed by atoms with Crippen LogP contribution in [0.5, 0.6) is 0 Å². The molecule has 2 amide bonds. The van der Waals surface area contributed by atoms with Gasteiger partial charge in [-0.2, -0.15) is 4.68 Å². The first-order valence-corrected chi connectivity index (χ1v) is 14.4. The van der Waals surface area contributed by atoms with Crippen LogP contribution >= 0.6 is 11.6 Å². The third kappa shape index (κ3) is 6.37. The van der Waals surface area contributed by atoms with E-state index in [2.05, 4.69) is 42.3 Å². The maximum Gasteiger partial charge on any atom is 0.411 e. The molecule has 1 unspecified atom stereocenters. The Balaban J connectivity index is 1.32. The second-order valence-electron chi connectivity index (χ2n) is 10.3. The normalized spacial score (nSPS) is 14.7. The van der Waals surface area contributed by atoms with Crippen LogP contribution in [-0.4, -0.2) is 60.3 Å². The average Bonchev–Trinajstić information content (AvgIpc) is 3.70. The van der Waals surface area contributed by atoms with Gasteiger partial charge < -0.3 is 14.2 Å². The topological polar surface area (TPSA) is 120 Å². The Hall–Kier alpha value is -5.29. The van der Waals surface area contributed by atoms with Crippen LogP contribution in [0.15, 0.2) is 91.4 Å². The van der Waals surface area contributed by atoms with Gasteiger partial charge in [-0.05, 0) is 58.8 Å². The van der Waals surface area contributed by atoms with Crippen molar-refractivity contribution >= 4 is 35.4 Å². The molecule has 222 valence electrons. The van der Waals surface area contributed by atoms with Gasteiger partial charge >= 0.3 is 6.09 Å². The van der Waals surface area contributed by atoms with Gasteiger partial charge in [0.25, 0.3) is 0 Å². The molecule has 0 saturated heterocycles. The molecular weight excluding hydrogens is 580 g/mol. The Kier molecular flexibility index (Phi) is 8.46. The molecule has 3 heterocycles. The summed E-state index contributed by atoms with van der Waals surface area (Å²) in [5.74, 6) is 0.682. The van der Waals surface area contributed by atoms with E-state index in [4.69, 9.17) is 16.6 Å². The molecule has 12 heteroatoms. The Bertz CT molecular complexity index is 1790. The number of ether oxygens (including phenoxy) is 1. The first kappa shape index (κ1) is 28.8. The summed E-state index contributed by atoms with van der Waals surface area (Å²) in [5.41, 5.74) is 4.82. The predicted octanol–water partition coefficient (Wildman–Crippen LogP) is 5.59. The zero-order valence-corrected chi connectivity index (χ0v) is 24.6. The van der Waals surface area contributed by atoms with Gasteiger partial charge in [0.1, 0.15) is 12.2 Å². The first-order chi connectivity index (χ1) is 21.5. The number of carbonyl (C=O) groups is 2. The van der Waals surface area contributed by atoms with Crippen molar-refractivity contribution in [2.24, 2.45) is 0 Å². The molecule has 3 aromatic carbocycles. The van der Waals surface area contributed by atoms with Gasteiger partial charge in [0, 0.05) is 53.6 Å². The quantitative estimate of drug-likeness (QED) is 0.239. The van der Waals surface area contributed by atoms with Crippen LogP contribution in [0, 0.1) is 0 Å². The number of hydrogen-bond donors (Lipinski definition) is 1. The van der Waals surface area contributed by atoms with E-state index in [0.717, 1.165) is 35.6 Å². The number of imidazole rings is 1. The molecule has 0 saturated carbocycles. The number of nitrogens with zero attached hydrogens (tertiary/aromatic N) is 7. The van der Waals surface area contributed by atoms with Gasteiger partial charge in [0.15, 0.2) is 0 Å². The molecule has 5 aromatic rings. The minimum absolute atomic E-state index is 0.134. The number of aryl methyl sites for hydroxylation is 1. The van der Waals surface area contributed by atoms with E-state index in [1.54, 1.807) is 36.4 Å². The third-order valence-electron chi connectivity index (χ3n) is 7.44. The maximum absolute atomic E-state index is 13.9. The van der Waals surface area contributed by atoms with Crippen LogP contribution in [0.4, 0.5) is 10.5 Å². The smallest absolute Gasteiger partial charge is 0.411 e. The maximum atomic E-state index is 13.9. The van der Waals surface area contributed by atoms with Gasteiger partial charge in [-0.25, -0.2) is 9.78 Å². The number of benzene rings is 3. The van der Waals surface area contributed by atoms with Crippen molar-refractivity contribution < 1.29 is 14.3 Å². The summed E-state index contributed by atoms with van der Waals surface area (Å²) in [4.78, 5) is 32.5. The number of nitrogens with one attached hydrogen (secondary N) is 1. The zero-order valence-electron chi connectivity index (χ0n) is 23.9. The summed E-state index contributed by atoms with van der Waals surface area (Å²) in [5, 5.41) is 14.6. The van der Waals surface area contributed by atoms with E-state index >= 15 is 0 Å². The summed E-state index contributed by atoms with van der Waals surface area (Å²) < 4.78 is 8.35. The molecule has 0 spiro atoms. The van der Waals surface area contributed by atoms with Crippen molar-refractivity contribution in [3.63, 3.8) is 0 Å². The lowest BCUT2D eigenvalue weighted by Gasteiger charge is -2.29. The third-order valence-corrected chi connectivity index (χ3v) is 7.67. The van der Waals surface area contributed by atoms with E-state index in [1.165, 1.54) is 18.1 Å². The Morgan fingerprint density at radius 2 is 1.89 bits per heavy atom. The van der Waals surface area contributed by atoms with E-state index < -0.39 is 6.09 Å². The number of halogens is 1. The first-order valence-electron chi connectivity index (χ1n) is 14.1. The number of hydrogen-bond acceptors (Lipinski definition) is 7. The SMILES string of the molecule is COC(=O)Nc1ccc(-c2cn3c(n2)C(Cc2ccccc2)N(C(=O)/C=C/c2cc(Cl)ccc2-n2cnnn2)CCC3)cc1. The lowest BCUT2D eigenvalue weighted by Crippen LogP contribution is -2.35. The van der Waals surface area contributed by atoms with Crippen molar-refractivity contribution in [1.29, 1.82) is 0 Å². The molecule has 44 heavy (non-hydrogen) atoms. The molecule has 11 nitrogen and oxygen atoms in total. The number of carbonyl (C=O) groups excluding carboxylic acids is 2. The summed E-state index contributed by atoms with van der Waals surface area (Å²) in [6, 6.07) is 22.6. The lowest BCUT2D eigenvalue weighted by molar-refractivity contribution is -0.128. The van der Waals surface area contributed by atoms with E-state index in [1.807, 2.05) is 47.5 Å². The number of rotatable bonds is 7. The predicted molar refractivity (Wildman–Crippen MR) is 166 cm³/mol. The molecular formula is C32H29ClN8O3. The van der Waals surface area contributed by atoms with Crippen LogP contribution in [0.1, 0.15) is 29.4 Å². The minimum atomic E-state index is -0.531. The highest BCUT2D eigenvalue weighted by atomic mass is 35.5. The van der Waals surface area contributed by atoms with Crippen molar-refractivity contribution in [2.45, 2.75) is 25.4 Å². The fourth-order valence-corrected chi connectivity index (χ4v) is 5.49. The fourth-order valence-electron chi connectivity index (χ4n) is 5.31. The number of tetrazole rings is 1. The second-order valence-corrected chi connectivity index (χ2v) is 10.7. The van der Waals surface area contributed by atoms with Crippen LogP contribution in [0.25, 0.3) is 23.0 Å². The van der Waals surface area contributed by atoms with Crippen molar-refractivity contribution in [2.75, 3.05) is 19.0 Å². The molecule has 0 fully saturated rings. The van der Waals surface area contributed by atoms with Crippen LogP contribution in [0.2, 0.25) is 5.02 Å². The molecule has 1 aliphatic heterocycles. The summed E-state index contributed by atoms with van der Waals surface area (Å²) in [7, 11) is 1.32. The molecule has 0 radical (unpaired) electrons. The van der Waals surface area contributed by atoms with Crippen LogP contribution in [0.3, 0.4) is 0 Å². The highest BCUT2D eigenvalue weighted by Gasteiger charge is 2.31. The highest BCUT2D eigenvalue weighted by Crippen LogP contribution is 2.32. The number of fused-ring (bicyclic) bond motifs is 1. The molecule has 6 rings (SSSR count). The standard InChI is InChI=1S/C32H29ClN8O3/c1-44-32(43)35-26-12-8-23(9-13-26)27-20-39-16-5-17-40(29(31(39)36-27)18-22-6-3-2-4-7-22)30(42)15-10-24-19-25(33)11-14-28(24)41-21-34-37-38-41/h2-4,6-15,19-21,29H,5,16-18H2,1H3,(H,35,43)/b15-10+. The van der Waals surface area contributed by atoms with Gasteiger partial charge in [-0.1, -0.05) is 54.1 Å². The van der Waals surface area contributed by atoms with E-state index in [9.17, 15) is 9.59 Å². The zero-order chi connectivity index (χ0) is 30.5. The Labute approximate surface area is 258 Å². The van der Waals surface area contributed by atoms with Gasteiger partial charge in [-0.15, -0.1) is 5.10 Å². The summed E-state index contributed by atoms with van der Waals surface area (Å²) in [6.45, 7) is 1.30. The molecule has 0 bridgehead atoms. The molecule has 0 aliphatic carbocycles. The number of anilines is 1. The van der Waals surface area contributed by atoms with Crippen LogP contribution in [-0.2, 0) is 22.5 Å². The second kappa shape index (κ2) is 12.9. The molecule has 1 atom stereocenters. The van der Waals surface area contributed by atoms with Crippen LogP contribution < -0.4 is 5.32 Å². The Morgan fingerprint density at radius 1 is 1.07 bits per heavy atom.